The van der Waals surface area contributed by atoms with Gasteiger partial charge < -0.3 is 4.74 Å². The minimum absolute atomic E-state index is 0.138. The summed E-state index contributed by atoms with van der Waals surface area (Å²) in [6, 6.07) is 27.2. The Morgan fingerprint density at radius 3 is 2.00 bits per heavy atom. The number of anilines is 1. The van der Waals surface area contributed by atoms with Crippen molar-refractivity contribution < 1.29 is 19.1 Å². The molecule has 5 rings (SSSR count). The van der Waals surface area contributed by atoms with E-state index in [2.05, 4.69) is 58.3 Å². The van der Waals surface area contributed by atoms with E-state index < -0.39 is 12.0 Å². The largest absolute Gasteiger partial charge is 0.462 e. The zero-order valence-electron chi connectivity index (χ0n) is 22.4. The summed E-state index contributed by atoms with van der Waals surface area (Å²) in [6.07, 6.45) is 1.93. The molecule has 0 aromatic heterocycles. The standard InChI is InChI=1S/C32H35N3O4/c1-2-3-22-39-32(38)26-14-16-27(17-15-26)35-29(36)23-28(31(35)37)33-18-20-34(21-19-33)30(24-10-6-4-7-11-24)25-12-8-5-9-13-25/h4-17,28,30H,2-3,18-23H2,1H3/t28-/m1/s1. The van der Waals surface area contributed by atoms with Gasteiger partial charge in [0.1, 0.15) is 0 Å². The van der Waals surface area contributed by atoms with Crippen molar-refractivity contribution in [3.63, 3.8) is 0 Å². The molecule has 0 spiro atoms. The SMILES string of the molecule is CCCCOC(=O)c1ccc(N2C(=O)C[C@@H](N3CCN(C(c4ccccc4)c4ccccc4)CC3)C2=O)cc1. The molecule has 0 aliphatic carbocycles. The summed E-state index contributed by atoms with van der Waals surface area (Å²) in [5, 5.41) is 0. The summed E-state index contributed by atoms with van der Waals surface area (Å²) < 4.78 is 5.26. The van der Waals surface area contributed by atoms with E-state index in [0.717, 1.165) is 25.9 Å². The number of benzene rings is 3. The zero-order chi connectivity index (χ0) is 27.2. The van der Waals surface area contributed by atoms with Crippen molar-refractivity contribution in [1.82, 2.24) is 9.80 Å². The van der Waals surface area contributed by atoms with E-state index in [0.29, 0.717) is 30.9 Å². The van der Waals surface area contributed by atoms with Crippen LogP contribution in [0, 0.1) is 0 Å². The van der Waals surface area contributed by atoms with Gasteiger partial charge in [0.15, 0.2) is 0 Å². The molecule has 202 valence electrons. The number of hydrogen-bond acceptors (Lipinski definition) is 6. The number of imide groups is 1. The quantitative estimate of drug-likeness (QED) is 0.230. The molecule has 2 heterocycles. The Balaban J connectivity index is 1.24. The van der Waals surface area contributed by atoms with Gasteiger partial charge in [-0.25, -0.2) is 9.69 Å². The Morgan fingerprint density at radius 2 is 1.44 bits per heavy atom. The van der Waals surface area contributed by atoms with Crippen LogP contribution >= 0.6 is 0 Å². The van der Waals surface area contributed by atoms with E-state index >= 15 is 0 Å². The molecule has 2 aliphatic heterocycles. The molecule has 0 saturated carbocycles. The number of hydrogen-bond donors (Lipinski definition) is 0. The van der Waals surface area contributed by atoms with Crippen molar-refractivity contribution in [2.75, 3.05) is 37.7 Å². The Hall–Kier alpha value is -3.81. The molecule has 7 nitrogen and oxygen atoms in total. The molecule has 2 fully saturated rings. The van der Waals surface area contributed by atoms with Crippen molar-refractivity contribution >= 4 is 23.5 Å². The molecule has 3 aromatic carbocycles. The summed E-state index contributed by atoms with van der Waals surface area (Å²) in [4.78, 5) is 44.5. The van der Waals surface area contributed by atoms with E-state index in [1.165, 1.54) is 16.0 Å². The molecule has 39 heavy (non-hydrogen) atoms. The summed E-state index contributed by atoms with van der Waals surface area (Å²) >= 11 is 0. The first kappa shape index (κ1) is 26.8. The average Bonchev–Trinajstić information content (AvgIpc) is 3.28. The smallest absolute Gasteiger partial charge is 0.338 e. The number of nitrogens with zero attached hydrogens (tertiary/aromatic N) is 3. The molecule has 0 bridgehead atoms. The first-order valence-electron chi connectivity index (χ1n) is 13.8. The van der Waals surface area contributed by atoms with Gasteiger partial charge in [0, 0.05) is 26.2 Å². The maximum atomic E-state index is 13.4. The van der Waals surface area contributed by atoms with Crippen LogP contribution in [0.25, 0.3) is 0 Å². The fourth-order valence-corrected chi connectivity index (χ4v) is 5.50. The molecule has 1 atom stereocenters. The predicted molar refractivity (Wildman–Crippen MR) is 150 cm³/mol. The van der Waals surface area contributed by atoms with Gasteiger partial charge in [0.05, 0.1) is 36.4 Å². The van der Waals surface area contributed by atoms with E-state index in [4.69, 9.17) is 4.74 Å². The van der Waals surface area contributed by atoms with Crippen LogP contribution < -0.4 is 4.90 Å². The number of piperazine rings is 1. The fourth-order valence-electron chi connectivity index (χ4n) is 5.50. The van der Waals surface area contributed by atoms with E-state index in [-0.39, 0.29) is 24.3 Å². The van der Waals surface area contributed by atoms with Gasteiger partial charge in [0.25, 0.3) is 5.91 Å². The van der Waals surface area contributed by atoms with Crippen LogP contribution in [-0.2, 0) is 14.3 Å². The van der Waals surface area contributed by atoms with Crippen molar-refractivity contribution in [2.45, 2.75) is 38.3 Å². The first-order chi connectivity index (χ1) is 19.1. The fraction of sp³-hybridized carbons (Fsp3) is 0.344. The van der Waals surface area contributed by atoms with E-state index in [1.54, 1.807) is 24.3 Å². The second kappa shape index (κ2) is 12.4. The number of ether oxygens (including phenoxy) is 1. The van der Waals surface area contributed by atoms with Gasteiger partial charge in [-0.1, -0.05) is 74.0 Å². The highest BCUT2D eigenvalue weighted by molar-refractivity contribution is 6.22. The molecule has 2 aliphatic rings. The highest BCUT2D eigenvalue weighted by Gasteiger charge is 2.43. The molecule has 0 unspecified atom stereocenters. The lowest BCUT2D eigenvalue weighted by Crippen LogP contribution is -2.53. The number of carbonyl (C=O) groups is 3. The Bertz CT molecular complexity index is 1230. The second-order valence-corrected chi connectivity index (χ2v) is 10.1. The van der Waals surface area contributed by atoms with Crippen molar-refractivity contribution in [2.24, 2.45) is 0 Å². The van der Waals surface area contributed by atoms with Crippen LogP contribution in [0.2, 0.25) is 0 Å². The third-order valence-electron chi connectivity index (χ3n) is 7.60. The Kier molecular flexibility index (Phi) is 8.49. The van der Waals surface area contributed by atoms with Crippen LogP contribution in [0.4, 0.5) is 5.69 Å². The topological polar surface area (TPSA) is 70.2 Å². The van der Waals surface area contributed by atoms with E-state index in [9.17, 15) is 14.4 Å². The average molecular weight is 526 g/mol. The van der Waals surface area contributed by atoms with Crippen LogP contribution in [0.1, 0.15) is 53.7 Å². The van der Waals surface area contributed by atoms with Crippen LogP contribution in [-0.4, -0.2) is 66.4 Å². The number of unbranched alkanes of at least 4 members (excludes halogenated alkanes) is 1. The van der Waals surface area contributed by atoms with Gasteiger partial charge in [-0.2, -0.15) is 0 Å². The second-order valence-electron chi connectivity index (χ2n) is 10.1. The minimum Gasteiger partial charge on any atom is -0.462 e. The number of amides is 2. The molecular formula is C32H35N3O4. The molecule has 7 heteroatoms. The van der Waals surface area contributed by atoms with Crippen LogP contribution in [0.5, 0.6) is 0 Å². The summed E-state index contributed by atoms with van der Waals surface area (Å²) in [6.45, 7) is 5.41. The number of rotatable bonds is 9. The Morgan fingerprint density at radius 1 is 0.846 bits per heavy atom. The number of carbonyl (C=O) groups excluding carboxylic acids is 3. The highest BCUT2D eigenvalue weighted by Crippen LogP contribution is 2.31. The van der Waals surface area contributed by atoms with Crippen molar-refractivity contribution in [3.05, 3.63) is 102 Å². The zero-order valence-corrected chi connectivity index (χ0v) is 22.4. The lowest BCUT2D eigenvalue weighted by atomic mass is 9.96. The molecule has 0 N–H and O–H groups in total. The monoisotopic (exact) mass is 525 g/mol. The Labute approximate surface area is 230 Å². The van der Waals surface area contributed by atoms with Gasteiger partial charge in [-0.15, -0.1) is 0 Å². The van der Waals surface area contributed by atoms with Gasteiger partial charge in [0.2, 0.25) is 5.91 Å². The van der Waals surface area contributed by atoms with Crippen LogP contribution in [0.3, 0.4) is 0 Å². The summed E-state index contributed by atoms with van der Waals surface area (Å²) in [5.41, 5.74) is 3.39. The predicted octanol–water partition coefficient (Wildman–Crippen LogP) is 4.68. The molecule has 2 saturated heterocycles. The molecule has 0 radical (unpaired) electrons. The van der Waals surface area contributed by atoms with Gasteiger partial charge in [-0.05, 0) is 41.8 Å². The maximum Gasteiger partial charge on any atom is 0.338 e. The van der Waals surface area contributed by atoms with E-state index in [1.807, 2.05) is 19.1 Å². The third kappa shape index (κ3) is 5.95. The number of esters is 1. The normalized spacial score (nSPS) is 18.6. The third-order valence-corrected chi connectivity index (χ3v) is 7.60. The summed E-state index contributed by atoms with van der Waals surface area (Å²) in [7, 11) is 0. The maximum absolute atomic E-state index is 13.4. The lowest BCUT2D eigenvalue weighted by molar-refractivity contribution is -0.123. The highest BCUT2D eigenvalue weighted by atomic mass is 16.5. The lowest BCUT2D eigenvalue weighted by Gasteiger charge is -2.41. The summed E-state index contributed by atoms with van der Waals surface area (Å²) in [5.74, 6) is -0.805. The van der Waals surface area contributed by atoms with Crippen molar-refractivity contribution in [1.29, 1.82) is 0 Å². The van der Waals surface area contributed by atoms with Crippen molar-refractivity contribution in [3.8, 4) is 0 Å². The molecule has 2 amide bonds. The van der Waals surface area contributed by atoms with Gasteiger partial charge >= 0.3 is 5.97 Å². The first-order valence-corrected chi connectivity index (χ1v) is 13.8. The molecule has 3 aromatic rings. The van der Waals surface area contributed by atoms with Crippen LogP contribution in [0.15, 0.2) is 84.9 Å². The molecular weight excluding hydrogens is 490 g/mol. The minimum atomic E-state index is -0.467. The van der Waals surface area contributed by atoms with Gasteiger partial charge in [-0.3, -0.25) is 19.4 Å².